The number of pyridine rings is 1. The van der Waals surface area contributed by atoms with Crippen LogP contribution >= 0.6 is 0 Å². The van der Waals surface area contributed by atoms with Crippen molar-refractivity contribution in [3.8, 4) is 17.6 Å². The van der Waals surface area contributed by atoms with Crippen molar-refractivity contribution in [2.75, 3.05) is 63.2 Å². The van der Waals surface area contributed by atoms with Crippen molar-refractivity contribution in [1.82, 2.24) is 19.8 Å². The molecular weight excluding hydrogens is 522 g/mol. The molecule has 5 heterocycles. The van der Waals surface area contributed by atoms with Gasteiger partial charge in [0.15, 0.2) is 11.5 Å². The zero-order valence-electron chi connectivity index (χ0n) is 23.1. The van der Waals surface area contributed by atoms with E-state index < -0.39 is 0 Å². The standard InChI is InChI=1S/C30H35N7O4/c31-17-19-18-32-29-26(19)24(33-20-2-1-3-20)16-25(35-29)34-23-5-4-22(27-28(23)41-15-14-40-27)30(38)37-8-6-21(7-9-37)36-10-12-39-13-11-36/h4-5,16,18,20-21H,1-3,6-15H2,(H3,32,33,34,35). The van der Waals surface area contributed by atoms with Crippen molar-refractivity contribution in [2.24, 2.45) is 0 Å². The van der Waals surface area contributed by atoms with Gasteiger partial charge in [-0.15, -0.1) is 0 Å². The monoisotopic (exact) mass is 557 g/mol. The molecule has 0 unspecified atom stereocenters. The fourth-order valence-electron chi connectivity index (χ4n) is 6.26. The van der Waals surface area contributed by atoms with Crippen LogP contribution in [0.25, 0.3) is 11.0 Å². The van der Waals surface area contributed by atoms with Crippen molar-refractivity contribution in [3.05, 3.63) is 35.5 Å². The molecule has 3 fully saturated rings. The minimum Gasteiger partial charge on any atom is -0.485 e. The Morgan fingerprint density at radius 1 is 1.00 bits per heavy atom. The van der Waals surface area contributed by atoms with Crippen LogP contribution in [0, 0.1) is 11.3 Å². The lowest BCUT2D eigenvalue weighted by atomic mass is 9.93. The minimum atomic E-state index is -0.0272. The number of rotatable bonds is 6. The van der Waals surface area contributed by atoms with Gasteiger partial charge < -0.3 is 34.7 Å². The summed E-state index contributed by atoms with van der Waals surface area (Å²) in [6, 6.07) is 8.77. The predicted molar refractivity (Wildman–Crippen MR) is 154 cm³/mol. The predicted octanol–water partition coefficient (Wildman–Crippen LogP) is 3.85. The smallest absolute Gasteiger partial charge is 0.257 e. The van der Waals surface area contributed by atoms with Gasteiger partial charge in [-0.1, -0.05) is 0 Å². The number of aromatic nitrogens is 2. The second-order valence-corrected chi connectivity index (χ2v) is 11.2. The molecule has 214 valence electrons. The number of H-pyrrole nitrogens is 1. The quantitative estimate of drug-likeness (QED) is 0.414. The molecule has 0 spiro atoms. The van der Waals surface area contributed by atoms with Crippen LogP contribution in [-0.4, -0.2) is 90.4 Å². The van der Waals surface area contributed by atoms with E-state index in [2.05, 4.69) is 26.6 Å². The number of benzene rings is 1. The molecule has 0 bridgehead atoms. The van der Waals surface area contributed by atoms with E-state index in [0.717, 1.165) is 76.1 Å². The van der Waals surface area contributed by atoms with Gasteiger partial charge in [0.2, 0.25) is 0 Å². The average molecular weight is 558 g/mol. The van der Waals surface area contributed by atoms with E-state index in [1.54, 1.807) is 6.20 Å². The van der Waals surface area contributed by atoms with Gasteiger partial charge in [0, 0.05) is 50.5 Å². The Hall–Kier alpha value is -4.01. The Morgan fingerprint density at radius 2 is 1.78 bits per heavy atom. The average Bonchev–Trinajstić information content (AvgIpc) is 3.43. The first-order valence-corrected chi connectivity index (χ1v) is 14.7. The zero-order valence-corrected chi connectivity index (χ0v) is 23.1. The van der Waals surface area contributed by atoms with Gasteiger partial charge in [-0.05, 0) is 44.2 Å². The molecule has 2 saturated heterocycles. The molecule has 7 rings (SSSR count). The Balaban J connectivity index is 1.13. The number of carbonyl (C=O) groups excluding carboxylic acids is 1. The first kappa shape index (κ1) is 25.9. The van der Waals surface area contributed by atoms with Crippen LogP contribution in [0.1, 0.15) is 48.0 Å². The summed E-state index contributed by atoms with van der Waals surface area (Å²) in [5, 5.41) is 17.4. The fraction of sp³-hybridized carbons (Fsp3) is 0.500. The molecule has 1 amide bonds. The minimum absolute atomic E-state index is 0.0272. The number of morpholine rings is 1. The van der Waals surface area contributed by atoms with Gasteiger partial charge in [0.05, 0.1) is 41.1 Å². The molecule has 3 aromatic rings. The lowest BCUT2D eigenvalue weighted by Gasteiger charge is -2.40. The first-order chi connectivity index (χ1) is 20.2. The van der Waals surface area contributed by atoms with E-state index in [-0.39, 0.29) is 5.91 Å². The molecule has 11 heteroatoms. The largest absolute Gasteiger partial charge is 0.485 e. The molecule has 11 nitrogen and oxygen atoms in total. The summed E-state index contributed by atoms with van der Waals surface area (Å²) < 4.78 is 17.6. The molecule has 4 aliphatic rings. The molecule has 2 aromatic heterocycles. The second-order valence-electron chi connectivity index (χ2n) is 11.2. The first-order valence-electron chi connectivity index (χ1n) is 14.7. The number of nitrogens with one attached hydrogen (secondary N) is 3. The SMILES string of the molecule is N#Cc1c[nH]c2nc(Nc3ccc(C(=O)N4CCC(N5CCOCC5)CC4)c4c3OCCO4)cc(NC3CCC3)c12. The summed E-state index contributed by atoms with van der Waals surface area (Å²) in [6.07, 6.45) is 7.03. The van der Waals surface area contributed by atoms with Crippen LogP contribution < -0.4 is 20.1 Å². The highest BCUT2D eigenvalue weighted by Crippen LogP contribution is 2.43. The van der Waals surface area contributed by atoms with Crippen LogP contribution in [-0.2, 0) is 4.74 Å². The maximum Gasteiger partial charge on any atom is 0.257 e. The molecule has 1 saturated carbocycles. The Labute approximate surface area is 238 Å². The van der Waals surface area contributed by atoms with E-state index in [0.29, 0.717) is 65.1 Å². The summed E-state index contributed by atoms with van der Waals surface area (Å²) in [7, 11) is 0. The highest BCUT2D eigenvalue weighted by atomic mass is 16.6. The maximum atomic E-state index is 13.7. The van der Waals surface area contributed by atoms with Gasteiger partial charge in [-0.3, -0.25) is 9.69 Å². The number of anilines is 3. The van der Waals surface area contributed by atoms with Gasteiger partial charge in [0.1, 0.15) is 30.7 Å². The van der Waals surface area contributed by atoms with Crippen LogP contribution in [0.15, 0.2) is 24.4 Å². The van der Waals surface area contributed by atoms with E-state index in [1.165, 1.54) is 6.42 Å². The highest BCUT2D eigenvalue weighted by Gasteiger charge is 2.32. The number of hydrogen-bond acceptors (Lipinski definition) is 9. The van der Waals surface area contributed by atoms with Gasteiger partial charge in [-0.2, -0.15) is 5.26 Å². The Bertz CT molecular complexity index is 1480. The fourth-order valence-corrected chi connectivity index (χ4v) is 6.26. The zero-order chi connectivity index (χ0) is 27.8. The second kappa shape index (κ2) is 11.1. The molecule has 1 aromatic carbocycles. The van der Waals surface area contributed by atoms with E-state index in [4.69, 9.17) is 19.2 Å². The number of amides is 1. The van der Waals surface area contributed by atoms with Gasteiger partial charge >= 0.3 is 0 Å². The summed E-state index contributed by atoms with van der Waals surface area (Å²) in [6.45, 7) is 5.73. The van der Waals surface area contributed by atoms with Crippen LogP contribution in [0.3, 0.4) is 0 Å². The van der Waals surface area contributed by atoms with Crippen molar-refractivity contribution in [2.45, 2.75) is 44.2 Å². The van der Waals surface area contributed by atoms with E-state index >= 15 is 0 Å². The molecule has 3 aliphatic heterocycles. The number of carbonyl (C=O) groups is 1. The third kappa shape index (κ3) is 5.02. The maximum absolute atomic E-state index is 13.7. The molecule has 0 atom stereocenters. The summed E-state index contributed by atoms with van der Waals surface area (Å²) in [5.74, 6) is 1.57. The third-order valence-electron chi connectivity index (χ3n) is 8.72. The van der Waals surface area contributed by atoms with Gasteiger partial charge in [0.25, 0.3) is 5.91 Å². The number of nitriles is 1. The number of aromatic amines is 1. The highest BCUT2D eigenvalue weighted by molar-refractivity contribution is 6.00. The lowest BCUT2D eigenvalue weighted by Crippen LogP contribution is -2.50. The van der Waals surface area contributed by atoms with Crippen molar-refractivity contribution in [3.63, 3.8) is 0 Å². The number of likely N-dealkylation sites (tertiary alicyclic amines) is 1. The normalized spacial score (nSPS) is 19.9. The number of ether oxygens (including phenoxy) is 3. The Kier molecular flexibility index (Phi) is 7.02. The van der Waals surface area contributed by atoms with Crippen molar-refractivity contribution >= 4 is 34.1 Å². The van der Waals surface area contributed by atoms with Crippen molar-refractivity contribution in [1.29, 1.82) is 5.26 Å². The van der Waals surface area contributed by atoms with Gasteiger partial charge in [-0.25, -0.2) is 4.98 Å². The van der Waals surface area contributed by atoms with Crippen molar-refractivity contribution < 1.29 is 19.0 Å². The Morgan fingerprint density at radius 3 is 2.51 bits per heavy atom. The summed E-state index contributed by atoms with van der Waals surface area (Å²) in [5.41, 5.74) is 3.27. The third-order valence-corrected chi connectivity index (χ3v) is 8.72. The molecule has 41 heavy (non-hydrogen) atoms. The van der Waals surface area contributed by atoms with Crippen LogP contribution in [0.5, 0.6) is 11.5 Å². The topological polar surface area (TPSA) is 128 Å². The summed E-state index contributed by atoms with van der Waals surface area (Å²) >= 11 is 0. The van der Waals surface area contributed by atoms with Crippen LogP contribution in [0.2, 0.25) is 0 Å². The number of piperidine rings is 1. The number of nitrogens with zero attached hydrogens (tertiary/aromatic N) is 4. The lowest BCUT2D eigenvalue weighted by molar-refractivity contribution is 0.00152. The number of hydrogen-bond donors (Lipinski definition) is 3. The molecule has 0 radical (unpaired) electrons. The number of fused-ring (bicyclic) bond motifs is 2. The molecular formula is C30H35N7O4. The van der Waals surface area contributed by atoms with E-state index in [1.807, 2.05) is 23.1 Å². The van der Waals surface area contributed by atoms with Crippen LogP contribution in [0.4, 0.5) is 17.2 Å². The molecule has 3 N–H and O–H groups in total. The molecule has 1 aliphatic carbocycles. The van der Waals surface area contributed by atoms with E-state index in [9.17, 15) is 10.1 Å². The summed E-state index contributed by atoms with van der Waals surface area (Å²) in [4.78, 5) is 26.0.